The zero-order chi connectivity index (χ0) is 14.9. The van der Waals surface area contributed by atoms with Crippen molar-refractivity contribution in [2.75, 3.05) is 12.8 Å². The first-order valence-corrected chi connectivity index (χ1v) is 5.85. The summed E-state index contributed by atoms with van der Waals surface area (Å²) >= 11 is 0. The van der Waals surface area contributed by atoms with Crippen LogP contribution in [0.3, 0.4) is 0 Å². The van der Waals surface area contributed by atoms with Crippen LogP contribution in [-0.2, 0) is 0 Å². The summed E-state index contributed by atoms with van der Waals surface area (Å²) in [6.07, 6.45) is 1.58. The molecule has 0 unspecified atom stereocenters. The predicted molar refractivity (Wildman–Crippen MR) is 73.1 cm³/mol. The van der Waals surface area contributed by atoms with E-state index in [1.807, 2.05) is 0 Å². The van der Waals surface area contributed by atoms with Gasteiger partial charge in [-0.3, -0.25) is 4.79 Å². The van der Waals surface area contributed by atoms with Crippen LogP contribution in [0.2, 0.25) is 0 Å². The Kier molecular flexibility index (Phi) is 3.43. The summed E-state index contributed by atoms with van der Waals surface area (Å²) in [5.41, 5.74) is 7.38. The maximum Gasteiger partial charge on any atom is 0.337 e. The van der Waals surface area contributed by atoms with Crippen LogP contribution in [0.4, 0.5) is 5.69 Å². The quantitative estimate of drug-likeness (QED) is 0.718. The average Bonchev–Trinajstić information content (AvgIpc) is 2.90. The lowest BCUT2D eigenvalue weighted by atomic mass is 10.1. The first-order valence-electron chi connectivity index (χ1n) is 5.85. The largest absolute Gasteiger partial charge is 0.478 e. The van der Waals surface area contributed by atoms with Gasteiger partial charge in [-0.15, -0.1) is 0 Å². The summed E-state index contributed by atoms with van der Waals surface area (Å²) in [5.74, 6) is -1.42. The van der Waals surface area contributed by atoms with E-state index in [0.717, 1.165) is 0 Å². The smallest absolute Gasteiger partial charge is 0.337 e. The molecule has 1 aromatic heterocycles. The van der Waals surface area contributed by atoms with E-state index in [1.54, 1.807) is 25.3 Å². The number of carbonyl (C=O) groups excluding carboxylic acids is 1. The number of anilines is 1. The van der Waals surface area contributed by atoms with Crippen molar-refractivity contribution >= 4 is 17.6 Å². The van der Waals surface area contributed by atoms with Gasteiger partial charge < -0.3 is 16.2 Å². The van der Waals surface area contributed by atoms with Gasteiger partial charge in [0.25, 0.3) is 5.91 Å². The molecule has 0 aliphatic rings. The van der Waals surface area contributed by atoms with Gasteiger partial charge in [-0.2, -0.15) is 5.10 Å². The lowest BCUT2D eigenvalue weighted by Crippen LogP contribution is -2.18. The molecule has 0 saturated carbocycles. The normalized spacial score (nSPS) is 10.3. The fourth-order valence-corrected chi connectivity index (χ4v) is 1.81. The summed E-state index contributed by atoms with van der Waals surface area (Å²) in [5, 5.41) is 15.7. The Bertz CT molecular complexity index is 691. The first kappa shape index (κ1) is 13.6. The lowest BCUT2D eigenvalue weighted by molar-refractivity contribution is 0.0697. The second-order valence-electron chi connectivity index (χ2n) is 4.25. The van der Waals surface area contributed by atoms with Crippen LogP contribution in [0.5, 0.6) is 0 Å². The minimum atomic E-state index is -1.11. The Morgan fingerprint density at radius 1 is 1.40 bits per heavy atom. The fraction of sp³-hybridized carbons (Fsp3) is 0.154. The molecule has 0 bridgehead atoms. The standard InChI is InChI=1S/C13H14N4O3/c1-7-5-8(6-9(11(7)14)13(19)20)17-4-3-10(16-17)12(18)15-2/h3-6H,14H2,1-2H3,(H,15,18)(H,19,20). The molecule has 0 fully saturated rings. The van der Waals surface area contributed by atoms with E-state index in [-0.39, 0.29) is 22.9 Å². The second kappa shape index (κ2) is 5.04. The van der Waals surface area contributed by atoms with Crippen LogP contribution in [-0.4, -0.2) is 33.8 Å². The van der Waals surface area contributed by atoms with Crippen molar-refractivity contribution < 1.29 is 14.7 Å². The number of carbonyl (C=O) groups is 2. The molecule has 0 aliphatic heterocycles. The Morgan fingerprint density at radius 3 is 2.70 bits per heavy atom. The summed E-state index contributed by atoms with van der Waals surface area (Å²) in [7, 11) is 1.51. The van der Waals surface area contributed by atoms with Crippen molar-refractivity contribution in [2.24, 2.45) is 0 Å². The molecule has 20 heavy (non-hydrogen) atoms. The molecule has 7 heteroatoms. The van der Waals surface area contributed by atoms with Crippen LogP contribution in [0.15, 0.2) is 24.4 Å². The van der Waals surface area contributed by atoms with E-state index >= 15 is 0 Å². The van der Waals surface area contributed by atoms with Gasteiger partial charge in [-0.25, -0.2) is 9.48 Å². The number of nitrogens with zero attached hydrogens (tertiary/aromatic N) is 2. The molecule has 0 saturated heterocycles. The molecular formula is C13H14N4O3. The monoisotopic (exact) mass is 274 g/mol. The van der Waals surface area contributed by atoms with Crippen molar-refractivity contribution in [3.63, 3.8) is 0 Å². The molecule has 2 aromatic rings. The lowest BCUT2D eigenvalue weighted by Gasteiger charge is -2.09. The minimum absolute atomic E-state index is 0.0111. The van der Waals surface area contributed by atoms with E-state index in [0.29, 0.717) is 11.3 Å². The number of nitrogen functional groups attached to an aromatic ring is 1. The molecule has 104 valence electrons. The van der Waals surface area contributed by atoms with E-state index in [1.165, 1.54) is 17.8 Å². The molecule has 0 radical (unpaired) electrons. The van der Waals surface area contributed by atoms with Gasteiger partial charge in [0.2, 0.25) is 0 Å². The SMILES string of the molecule is CNC(=O)c1ccn(-c2cc(C)c(N)c(C(=O)O)c2)n1. The Labute approximate surface area is 115 Å². The van der Waals surface area contributed by atoms with Crippen molar-refractivity contribution in [1.29, 1.82) is 0 Å². The van der Waals surface area contributed by atoms with Crippen molar-refractivity contribution in [1.82, 2.24) is 15.1 Å². The Hall–Kier alpha value is -2.83. The molecule has 0 aliphatic carbocycles. The number of carboxylic acids is 1. The summed E-state index contributed by atoms with van der Waals surface area (Å²) in [6, 6.07) is 4.68. The number of benzene rings is 1. The molecule has 1 heterocycles. The topological polar surface area (TPSA) is 110 Å². The number of rotatable bonds is 3. The molecule has 1 amide bonds. The van der Waals surface area contributed by atoms with E-state index < -0.39 is 5.97 Å². The van der Waals surface area contributed by atoms with Gasteiger partial charge in [0.1, 0.15) is 0 Å². The number of carboxylic acid groups (broad SMARTS) is 1. The highest BCUT2D eigenvalue weighted by molar-refractivity contribution is 5.95. The molecule has 7 nitrogen and oxygen atoms in total. The first-order chi connectivity index (χ1) is 9.43. The van der Waals surface area contributed by atoms with Gasteiger partial charge in [0.05, 0.1) is 11.3 Å². The third-order valence-electron chi connectivity index (χ3n) is 2.92. The maximum absolute atomic E-state index is 11.5. The average molecular weight is 274 g/mol. The third-order valence-corrected chi connectivity index (χ3v) is 2.92. The van der Waals surface area contributed by atoms with E-state index in [2.05, 4.69) is 10.4 Å². The van der Waals surface area contributed by atoms with Crippen LogP contribution >= 0.6 is 0 Å². The predicted octanol–water partition coefficient (Wildman–Crippen LogP) is 0.821. The van der Waals surface area contributed by atoms with Gasteiger partial charge >= 0.3 is 5.97 Å². The van der Waals surface area contributed by atoms with Crippen molar-refractivity contribution in [3.05, 3.63) is 41.2 Å². The maximum atomic E-state index is 11.5. The second-order valence-corrected chi connectivity index (χ2v) is 4.25. The number of aryl methyl sites for hydroxylation is 1. The van der Waals surface area contributed by atoms with Crippen LogP contribution in [0.25, 0.3) is 5.69 Å². The molecule has 1 aromatic carbocycles. The van der Waals surface area contributed by atoms with Gasteiger partial charge in [0.15, 0.2) is 5.69 Å². The zero-order valence-electron chi connectivity index (χ0n) is 11.0. The minimum Gasteiger partial charge on any atom is -0.478 e. The van der Waals surface area contributed by atoms with Crippen LogP contribution in [0, 0.1) is 6.92 Å². The fourth-order valence-electron chi connectivity index (χ4n) is 1.81. The van der Waals surface area contributed by atoms with Crippen molar-refractivity contribution in [3.8, 4) is 5.69 Å². The highest BCUT2D eigenvalue weighted by Crippen LogP contribution is 2.22. The Morgan fingerprint density at radius 2 is 2.10 bits per heavy atom. The van der Waals surface area contributed by atoms with Crippen LogP contribution < -0.4 is 11.1 Å². The number of hydrogen-bond acceptors (Lipinski definition) is 4. The zero-order valence-corrected chi connectivity index (χ0v) is 11.0. The Balaban J connectivity index is 2.50. The van der Waals surface area contributed by atoms with Crippen molar-refractivity contribution in [2.45, 2.75) is 6.92 Å². The summed E-state index contributed by atoms with van der Waals surface area (Å²) in [6.45, 7) is 1.72. The van der Waals surface area contributed by atoms with E-state index in [9.17, 15) is 9.59 Å². The number of nitrogens with one attached hydrogen (secondary N) is 1. The molecule has 4 N–H and O–H groups in total. The van der Waals surface area contributed by atoms with Gasteiger partial charge in [-0.1, -0.05) is 0 Å². The number of hydrogen-bond donors (Lipinski definition) is 3. The van der Waals surface area contributed by atoms with Gasteiger partial charge in [0, 0.05) is 18.9 Å². The highest BCUT2D eigenvalue weighted by Gasteiger charge is 2.14. The molecule has 2 rings (SSSR count). The molecular weight excluding hydrogens is 260 g/mol. The summed E-state index contributed by atoms with van der Waals surface area (Å²) in [4.78, 5) is 22.6. The molecule has 0 spiro atoms. The highest BCUT2D eigenvalue weighted by atomic mass is 16.4. The number of amides is 1. The van der Waals surface area contributed by atoms with Crippen LogP contribution in [0.1, 0.15) is 26.4 Å². The van der Waals surface area contributed by atoms with Gasteiger partial charge in [-0.05, 0) is 30.7 Å². The summed E-state index contributed by atoms with van der Waals surface area (Å²) < 4.78 is 1.43. The van der Waals surface area contributed by atoms with E-state index in [4.69, 9.17) is 10.8 Å². The number of nitrogens with two attached hydrogens (primary N) is 1. The number of aromatic carboxylic acids is 1. The number of aromatic nitrogens is 2. The third kappa shape index (κ3) is 2.33. The molecule has 0 atom stereocenters.